The molecule has 170 valence electrons. The van der Waals surface area contributed by atoms with Gasteiger partial charge in [0, 0.05) is 30.7 Å². The summed E-state index contributed by atoms with van der Waals surface area (Å²) in [4.78, 5) is 36.2. The predicted molar refractivity (Wildman–Crippen MR) is 123 cm³/mol. The Morgan fingerprint density at radius 3 is 2.59 bits per heavy atom. The van der Waals surface area contributed by atoms with Crippen molar-refractivity contribution in [3.05, 3.63) is 107 Å². The van der Waals surface area contributed by atoms with Gasteiger partial charge in [-0.05, 0) is 43.2 Å². The lowest BCUT2D eigenvalue weighted by atomic mass is 9.95. The molecule has 1 aliphatic rings. The molecule has 0 saturated carbocycles. The van der Waals surface area contributed by atoms with Crippen LogP contribution in [0.3, 0.4) is 0 Å². The van der Waals surface area contributed by atoms with E-state index in [4.69, 9.17) is 0 Å². The fourth-order valence-electron chi connectivity index (χ4n) is 4.43. The van der Waals surface area contributed by atoms with Crippen molar-refractivity contribution in [3.8, 4) is 0 Å². The van der Waals surface area contributed by atoms with Crippen molar-refractivity contribution in [1.29, 1.82) is 0 Å². The highest BCUT2D eigenvalue weighted by Crippen LogP contribution is 2.41. The van der Waals surface area contributed by atoms with Crippen LogP contribution in [0.4, 0.5) is 4.39 Å². The minimum Gasteiger partial charge on any atom is -0.505 e. The summed E-state index contributed by atoms with van der Waals surface area (Å²) in [5.74, 6) is -2.72. The topological polar surface area (TPSA) is 87.8 Å². The quantitative estimate of drug-likeness (QED) is 0.284. The van der Waals surface area contributed by atoms with Gasteiger partial charge in [-0.1, -0.05) is 30.3 Å². The van der Waals surface area contributed by atoms with E-state index in [2.05, 4.69) is 9.97 Å². The van der Waals surface area contributed by atoms with E-state index in [-0.39, 0.29) is 23.4 Å². The Morgan fingerprint density at radius 2 is 1.88 bits per heavy atom. The zero-order valence-electron chi connectivity index (χ0n) is 18.6. The Kier molecular flexibility index (Phi) is 5.20. The number of rotatable bonds is 4. The minimum absolute atomic E-state index is 0.0252. The van der Waals surface area contributed by atoms with Crippen LogP contribution >= 0.6 is 0 Å². The Bertz CT molecular complexity index is 1480. The van der Waals surface area contributed by atoms with E-state index >= 15 is 0 Å². The normalized spacial score (nSPS) is 17.6. The van der Waals surface area contributed by atoms with Gasteiger partial charge in [0.1, 0.15) is 17.2 Å². The summed E-state index contributed by atoms with van der Waals surface area (Å²) in [6.45, 7) is 3.67. The maximum atomic E-state index is 15.0. The number of Topliss-reactive ketones (excluding diaryl/α,β-unsaturated/α-hetero) is 1. The second-order valence-electron chi connectivity index (χ2n) is 8.24. The molecule has 34 heavy (non-hydrogen) atoms. The number of halogens is 1. The van der Waals surface area contributed by atoms with Crippen molar-refractivity contribution < 1.29 is 19.1 Å². The van der Waals surface area contributed by atoms with Crippen LogP contribution in [0.1, 0.15) is 34.1 Å². The number of fused-ring (bicyclic) bond motifs is 1. The van der Waals surface area contributed by atoms with Crippen LogP contribution in [-0.4, -0.2) is 36.1 Å². The lowest BCUT2D eigenvalue weighted by Gasteiger charge is -2.25. The van der Waals surface area contributed by atoms with Crippen LogP contribution in [0.15, 0.2) is 72.7 Å². The first-order chi connectivity index (χ1) is 16.4. The lowest BCUT2D eigenvalue weighted by Crippen LogP contribution is -2.29. The van der Waals surface area contributed by atoms with Crippen LogP contribution in [0.2, 0.25) is 0 Å². The molecule has 1 unspecified atom stereocenters. The first-order valence-electron chi connectivity index (χ1n) is 10.7. The highest BCUT2D eigenvalue weighted by Gasteiger charge is 2.47. The molecule has 3 aromatic heterocycles. The smallest absolute Gasteiger partial charge is 0.295 e. The lowest BCUT2D eigenvalue weighted by molar-refractivity contribution is -0.140. The molecule has 4 aromatic rings. The van der Waals surface area contributed by atoms with Gasteiger partial charge in [0.25, 0.3) is 11.7 Å². The first-order valence-corrected chi connectivity index (χ1v) is 10.7. The molecule has 0 aliphatic carbocycles. The Balaban J connectivity index is 1.73. The van der Waals surface area contributed by atoms with E-state index in [0.717, 1.165) is 5.56 Å². The zero-order valence-corrected chi connectivity index (χ0v) is 18.6. The molecule has 1 aliphatic heterocycles. The second-order valence-corrected chi connectivity index (χ2v) is 8.24. The Labute approximate surface area is 194 Å². The molecule has 0 radical (unpaired) electrons. The second kappa shape index (κ2) is 8.22. The molecule has 4 heterocycles. The fourth-order valence-corrected chi connectivity index (χ4v) is 4.43. The van der Waals surface area contributed by atoms with Gasteiger partial charge in [0.15, 0.2) is 5.76 Å². The number of amides is 1. The fraction of sp³-hybridized carbons (Fsp3) is 0.154. The molecular formula is C26H21FN4O3. The zero-order chi connectivity index (χ0) is 24.0. The molecule has 7 nitrogen and oxygen atoms in total. The van der Waals surface area contributed by atoms with Crippen LogP contribution < -0.4 is 0 Å². The summed E-state index contributed by atoms with van der Waals surface area (Å²) in [6.07, 6.45) is 4.98. The van der Waals surface area contributed by atoms with Crippen LogP contribution in [-0.2, 0) is 16.1 Å². The van der Waals surface area contributed by atoms with Crippen LogP contribution in [0, 0.1) is 19.7 Å². The number of pyridine rings is 2. The number of aliphatic hydroxyl groups excluding tert-OH is 1. The summed E-state index contributed by atoms with van der Waals surface area (Å²) in [5.41, 5.74) is 2.87. The van der Waals surface area contributed by atoms with Crippen LogP contribution in [0.25, 0.3) is 11.4 Å². The Hall–Kier alpha value is -4.33. The van der Waals surface area contributed by atoms with Gasteiger partial charge in [-0.15, -0.1) is 0 Å². The van der Waals surface area contributed by atoms with Gasteiger partial charge in [-0.3, -0.25) is 14.6 Å². The summed E-state index contributed by atoms with van der Waals surface area (Å²) >= 11 is 0. The average molecular weight is 456 g/mol. The average Bonchev–Trinajstić information content (AvgIpc) is 3.30. The number of aliphatic hydroxyl groups is 1. The van der Waals surface area contributed by atoms with Crippen molar-refractivity contribution in [2.75, 3.05) is 0 Å². The number of hydrogen-bond acceptors (Lipinski definition) is 5. The number of imidazole rings is 1. The minimum atomic E-state index is -1.12. The number of likely N-dealkylation sites (tertiary alicyclic amines) is 1. The van der Waals surface area contributed by atoms with Crippen molar-refractivity contribution in [1.82, 2.24) is 19.3 Å². The highest BCUT2D eigenvalue weighted by molar-refractivity contribution is 6.46. The molecule has 1 aromatic carbocycles. The molecule has 1 amide bonds. The van der Waals surface area contributed by atoms with Gasteiger partial charge in [0.2, 0.25) is 0 Å². The van der Waals surface area contributed by atoms with Gasteiger partial charge in [-0.2, -0.15) is 0 Å². The number of carbonyl (C=O) groups excluding carboxylic acids is 2. The van der Waals surface area contributed by atoms with Crippen LogP contribution in [0.5, 0.6) is 0 Å². The van der Waals surface area contributed by atoms with E-state index < -0.39 is 29.3 Å². The molecule has 1 saturated heterocycles. The van der Waals surface area contributed by atoms with Gasteiger partial charge < -0.3 is 14.4 Å². The number of nitrogens with zero attached hydrogens (tertiary/aromatic N) is 4. The van der Waals surface area contributed by atoms with Gasteiger partial charge in [0.05, 0.1) is 17.3 Å². The molecule has 8 heteroatoms. The number of ketones is 1. The van der Waals surface area contributed by atoms with Gasteiger partial charge >= 0.3 is 0 Å². The third kappa shape index (κ3) is 3.35. The maximum Gasteiger partial charge on any atom is 0.295 e. The number of hydrogen-bond donors (Lipinski definition) is 1. The van der Waals surface area contributed by atoms with Crippen molar-refractivity contribution >= 4 is 23.1 Å². The highest BCUT2D eigenvalue weighted by atomic mass is 19.1. The van der Waals surface area contributed by atoms with E-state index in [1.54, 1.807) is 48.1 Å². The molecular weight excluding hydrogens is 435 g/mol. The standard InChI is InChI=1S/C26H21FN4O3/c1-15-7-6-12-30-16(2)21(29-25(15)30)23(32)20-22(18-9-3-4-10-19(18)27)31(26(34)24(20)33)14-17-8-5-11-28-13-17/h3-13,22,32H,14H2,1-2H3/b23-20+. The van der Waals surface area contributed by atoms with Crippen molar-refractivity contribution in [2.45, 2.75) is 26.4 Å². The van der Waals surface area contributed by atoms with E-state index in [1.807, 2.05) is 19.1 Å². The molecule has 1 N–H and O–H groups in total. The van der Waals surface area contributed by atoms with Gasteiger partial charge in [-0.25, -0.2) is 9.37 Å². The number of benzene rings is 1. The largest absolute Gasteiger partial charge is 0.505 e. The molecule has 5 rings (SSSR count). The third-order valence-electron chi connectivity index (χ3n) is 6.12. The van der Waals surface area contributed by atoms with Crippen molar-refractivity contribution in [2.24, 2.45) is 0 Å². The molecule has 1 atom stereocenters. The van der Waals surface area contributed by atoms with E-state index in [1.165, 1.54) is 23.1 Å². The summed E-state index contributed by atoms with van der Waals surface area (Å²) in [6, 6.07) is 12.0. The molecule has 1 fully saturated rings. The summed E-state index contributed by atoms with van der Waals surface area (Å²) in [7, 11) is 0. The number of carbonyl (C=O) groups is 2. The first kappa shape index (κ1) is 21.5. The number of aromatic nitrogens is 3. The SMILES string of the molecule is Cc1cccn2c(C)c(/C(O)=C3\C(=O)C(=O)N(Cc4cccnc4)C3c3ccccc3F)nc12. The van der Waals surface area contributed by atoms with E-state index in [0.29, 0.717) is 16.9 Å². The summed E-state index contributed by atoms with van der Waals surface area (Å²) in [5, 5.41) is 11.4. The molecule has 0 bridgehead atoms. The summed E-state index contributed by atoms with van der Waals surface area (Å²) < 4.78 is 16.8. The van der Waals surface area contributed by atoms with E-state index in [9.17, 15) is 19.1 Å². The maximum absolute atomic E-state index is 15.0. The third-order valence-corrected chi connectivity index (χ3v) is 6.12. The van der Waals surface area contributed by atoms with Crippen molar-refractivity contribution in [3.63, 3.8) is 0 Å². The predicted octanol–water partition coefficient (Wildman–Crippen LogP) is 4.11. The monoisotopic (exact) mass is 456 g/mol. The number of aryl methyl sites for hydroxylation is 2. The molecule has 0 spiro atoms. The Morgan fingerprint density at radius 1 is 1.09 bits per heavy atom.